The van der Waals surface area contributed by atoms with Crippen molar-refractivity contribution in [2.45, 2.75) is 105 Å². The summed E-state index contributed by atoms with van der Waals surface area (Å²) in [6.45, 7) is 15.0. The molecule has 6 heteroatoms. The first kappa shape index (κ1) is 25.3. The van der Waals surface area contributed by atoms with Crippen LogP contribution in [-0.2, 0) is 19.1 Å². The normalized spacial score (nSPS) is 52.8. The average Bonchev–Trinajstić information content (AvgIpc) is 3.56. The monoisotopic (exact) mass is 507 g/mol. The summed E-state index contributed by atoms with van der Waals surface area (Å²) in [6.07, 6.45) is 6.50. The van der Waals surface area contributed by atoms with Gasteiger partial charge in [-0.25, -0.2) is 0 Å². The Bertz CT molecular complexity index is 1220. The number of Topliss-reactive ketones (excluding diaryl/α,β-unsaturated/α-hetero) is 1. The van der Waals surface area contributed by atoms with Gasteiger partial charge in [-0.15, -0.1) is 0 Å². The number of carboxylic acid groups (broad SMARTS) is 1. The third-order valence-corrected chi connectivity index (χ3v) is 13.1. The number of ether oxygens (including phenoxy) is 1. The van der Waals surface area contributed by atoms with Crippen LogP contribution in [0.1, 0.15) is 93.4 Å². The molecule has 9 atom stereocenters. The minimum absolute atomic E-state index is 0.00130. The molecule has 0 amide bonds. The van der Waals surface area contributed by atoms with Gasteiger partial charge in [0.25, 0.3) is 0 Å². The lowest BCUT2D eigenvalue weighted by molar-refractivity contribution is -0.190. The molecule has 2 unspecified atom stereocenters. The van der Waals surface area contributed by atoms with Crippen LogP contribution in [0.15, 0.2) is 11.6 Å². The molecular formula is C31H41NO5. The van der Waals surface area contributed by atoms with Crippen molar-refractivity contribution in [3.8, 4) is 6.07 Å². The number of fused-ring (bicyclic) bond motifs is 9. The first-order valence-electron chi connectivity index (χ1n) is 14.1. The first-order valence-corrected chi connectivity index (χ1v) is 14.1. The van der Waals surface area contributed by atoms with Crippen LogP contribution in [0.5, 0.6) is 0 Å². The van der Waals surface area contributed by atoms with Gasteiger partial charge in [0.1, 0.15) is 12.2 Å². The summed E-state index contributed by atoms with van der Waals surface area (Å²) in [5.74, 6) is -1.38. The molecule has 1 aliphatic heterocycles. The lowest BCUT2D eigenvalue weighted by Gasteiger charge is -2.69. The van der Waals surface area contributed by atoms with Gasteiger partial charge in [-0.1, -0.05) is 54.0 Å². The van der Waals surface area contributed by atoms with Crippen LogP contribution in [0.3, 0.4) is 0 Å². The Labute approximate surface area is 220 Å². The fourth-order valence-corrected chi connectivity index (χ4v) is 10.8. The minimum atomic E-state index is -1.42. The largest absolute Gasteiger partial charge is 0.481 e. The zero-order valence-electron chi connectivity index (χ0n) is 23.4. The van der Waals surface area contributed by atoms with E-state index < -0.39 is 39.3 Å². The highest BCUT2D eigenvalue weighted by Gasteiger charge is 2.82. The number of carbonyl (C=O) groups excluding carboxylic acids is 2. The van der Waals surface area contributed by atoms with Gasteiger partial charge in [0, 0.05) is 16.7 Å². The molecule has 5 fully saturated rings. The van der Waals surface area contributed by atoms with Gasteiger partial charge < -0.3 is 9.84 Å². The van der Waals surface area contributed by atoms with E-state index in [0.29, 0.717) is 19.3 Å². The maximum absolute atomic E-state index is 14.3. The second-order valence-electron chi connectivity index (χ2n) is 15.4. The van der Waals surface area contributed by atoms with Gasteiger partial charge in [-0.2, -0.15) is 5.26 Å². The van der Waals surface area contributed by atoms with Crippen molar-refractivity contribution in [3.05, 3.63) is 11.6 Å². The second kappa shape index (κ2) is 6.76. The summed E-state index contributed by atoms with van der Waals surface area (Å²) in [7, 11) is 0. The molecule has 0 aromatic carbocycles. The number of nitriles is 1. The number of ketones is 2. The van der Waals surface area contributed by atoms with Crippen molar-refractivity contribution in [1.29, 1.82) is 5.26 Å². The SMILES string of the molecule is CC1(C)CC[C@]2(C(=O)O)CC[C@]3(C)C(C(=O)C=C4[C@@]5(C)[C@H]6O[C@@]6(C#N)C(=O)C(C)(C)[C@@H]5CC[C@]43C)C2C1. The predicted molar refractivity (Wildman–Crippen MR) is 136 cm³/mol. The Morgan fingerprint density at radius 3 is 2.30 bits per heavy atom. The smallest absolute Gasteiger partial charge is 0.309 e. The molecule has 6 rings (SSSR count). The van der Waals surface area contributed by atoms with E-state index >= 15 is 0 Å². The van der Waals surface area contributed by atoms with Gasteiger partial charge >= 0.3 is 5.97 Å². The Morgan fingerprint density at radius 1 is 1.03 bits per heavy atom. The fourth-order valence-electron chi connectivity index (χ4n) is 10.8. The van der Waals surface area contributed by atoms with Gasteiger partial charge in [0.2, 0.25) is 5.60 Å². The van der Waals surface area contributed by atoms with Gasteiger partial charge in [0.15, 0.2) is 11.6 Å². The van der Waals surface area contributed by atoms with Gasteiger partial charge in [0.05, 0.1) is 5.41 Å². The molecular weight excluding hydrogens is 466 g/mol. The van der Waals surface area contributed by atoms with Crippen LogP contribution >= 0.6 is 0 Å². The molecule has 0 aromatic rings. The van der Waals surface area contributed by atoms with Crippen LogP contribution < -0.4 is 0 Å². The number of nitrogens with zero attached hydrogens (tertiary/aromatic N) is 1. The Morgan fingerprint density at radius 2 is 1.68 bits per heavy atom. The number of allylic oxidation sites excluding steroid dienone is 1. The average molecular weight is 508 g/mol. The Balaban J connectivity index is 1.53. The number of aliphatic carboxylic acids is 1. The van der Waals surface area contributed by atoms with Crippen molar-refractivity contribution in [1.82, 2.24) is 0 Å². The molecule has 6 aliphatic rings. The fraction of sp³-hybridized carbons (Fsp3) is 0.806. The molecule has 37 heavy (non-hydrogen) atoms. The highest BCUT2D eigenvalue weighted by Crippen LogP contribution is 2.77. The van der Waals surface area contributed by atoms with E-state index in [1.54, 1.807) is 0 Å². The van der Waals surface area contributed by atoms with E-state index in [0.717, 1.165) is 31.3 Å². The zero-order valence-corrected chi connectivity index (χ0v) is 23.4. The molecule has 0 spiro atoms. The number of rotatable bonds is 1. The van der Waals surface area contributed by atoms with Crippen LogP contribution in [0.2, 0.25) is 0 Å². The van der Waals surface area contributed by atoms with E-state index in [9.17, 15) is 24.8 Å². The van der Waals surface area contributed by atoms with Crippen LogP contribution in [0.4, 0.5) is 0 Å². The highest BCUT2D eigenvalue weighted by molar-refractivity contribution is 6.01. The van der Waals surface area contributed by atoms with Crippen LogP contribution in [0, 0.1) is 61.6 Å². The minimum Gasteiger partial charge on any atom is -0.481 e. The molecule has 5 aliphatic carbocycles. The number of hydrogen-bond acceptors (Lipinski definition) is 5. The van der Waals surface area contributed by atoms with Crippen LogP contribution in [0.25, 0.3) is 0 Å². The Hall–Kier alpha value is -2.00. The van der Waals surface area contributed by atoms with E-state index in [2.05, 4.69) is 40.7 Å². The maximum atomic E-state index is 14.3. The predicted octanol–water partition coefficient (Wildman–Crippen LogP) is 5.50. The molecule has 200 valence electrons. The standard InChI is InChI=1S/C31H41NO5/c1-25(2)10-12-30(24(35)36)13-11-28(6)21(17(30)15-25)18(33)14-20-27(28,5)9-8-19-26(3,4)22(34)31(16-32)23(37-31)29(19,20)7/h14,17,19,21,23H,8-13,15H2,1-7H3,(H,35,36)/t17?,19-,21?,23+,27+,28+,29-,30-,31-/m0/s1. The van der Waals surface area contributed by atoms with E-state index in [-0.39, 0.29) is 40.2 Å². The first-order chi connectivity index (χ1) is 17.0. The summed E-state index contributed by atoms with van der Waals surface area (Å²) >= 11 is 0. The summed E-state index contributed by atoms with van der Waals surface area (Å²) in [5.41, 5.74) is -3.29. The molecule has 1 saturated heterocycles. The summed E-state index contributed by atoms with van der Waals surface area (Å²) in [6, 6.07) is 2.22. The maximum Gasteiger partial charge on any atom is 0.309 e. The molecule has 4 saturated carbocycles. The quantitative estimate of drug-likeness (QED) is 0.470. The molecule has 0 radical (unpaired) electrons. The topological polar surface area (TPSA) is 108 Å². The van der Waals surface area contributed by atoms with Crippen molar-refractivity contribution in [3.63, 3.8) is 0 Å². The highest BCUT2D eigenvalue weighted by atomic mass is 16.6. The third kappa shape index (κ3) is 2.59. The number of epoxide rings is 1. The van der Waals surface area contributed by atoms with Crippen molar-refractivity contribution in [2.75, 3.05) is 0 Å². The van der Waals surface area contributed by atoms with Crippen molar-refractivity contribution >= 4 is 17.5 Å². The van der Waals surface area contributed by atoms with E-state index in [4.69, 9.17) is 4.74 Å². The lowest BCUT2D eigenvalue weighted by atomic mass is 9.33. The number of hydrogen-bond donors (Lipinski definition) is 1. The molecule has 0 bridgehead atoms. The third-order valence-electron chi connectivity index (χ3n) is 13.1. The molecule has 1 N–H and O–H groups in total. The number of carbonyl (C=O) groups is 3. The van der Waals surface area contributed by atoms with Gasteiger partial charge in [-0.05, 0) is 79.1 Å². The molecule has 0 aromatic heterocycles. The Kier molecular flexibility index (Phi) is 4.62. The summed E-state index contributed by atoms with van der Waals surface area (Å²) in [4.78, 5) is 40.6. The van der Waals surface area contributed by atoms with Crippen molar-refractivity contribution < 1.29 is 24.2 Å². The summed E-state index contributed by atoms with van der Waals surface area (Å²) < 4.78 is 6.05. The van der Waals surface area contributed by atoms with Crippen LogP contribution in [-0.4, -0.2) is 34.3 Å². The van der Waals surface area contributed by atoms with Gasteiger partial charge in [-0.3, -0.25) is 14.4 Å². The van der Waals surface area contributed by atoms with E-state index in [1.165, 1.54) is 0 Å². The van der Waals surface area contributed by atoms with Crippen molar-refractivity contribution in [2.24, 2.45) is 50.2 Å². The summed E-state index contributed by atoms with van der Waals surface area (Å²) in [5, 5.41) is 20.6. The second-order valence-corrected chi connectivity index (χ2v) is 15.4. The van der Waals surface area contributed by atoms with E-state index in [1.807, 2.05) is 19.9 Å². The molecule has 1 heterocycles. The lowest BCUT2D eigenvalue weighted by Crippen LogP contribution is -2.67. The molecule has 6 nitrogen and oxygen atoms in total. The zero-order chi connectivity index (χ0) is 27.2. The number of carboxylic acids is 1.